The molecule has 33 heavy (non-hydrogen) atoms. The lowest BCUT2D eigenvalue weighted by Gasteiger charge is -2.13. The monoisotopic (exact) mass is 442 g/mol. The number of nitrogens with zero attached hydrogens (tertiary/aromatic N) is 3. The molecule has 0 aliphatic rings. The summed E-state index contributed by atoms with van der Waals surface area (Å²) in [6.45, 7) is 15.1. The fraction of sp³-hybridized carbons (Fsp3) is 0.192. The Bertz CT molecular complexity index is 1190. The van der Waals surface area contributed by atoms with E-state index >= 15 is 0 Å². The second-order valence-electron chi connectivity index (χ2n) is 7.67. The molecular weight excluding hydrogens is 412 g/mol. The number of phenolic OH excluding ortho intramolecular Hbond substituents is 1. The predicted molar refractivity (Wildman–Crippen MR) is 137 cm³/mol. The maximum atomic E-state index is 9.75. The van der Waals surface area contributed by atoms with Gasteiger partial charge in [0.25, 0.3) is 0 Å². The molecule has 0 fully saturated rings. The number of benzene rings is 1. The van der Waals surface area contributed by atoms with Gasteiger partial charge in [0, 0.05) is 36.4 Å². The van der Waals surface area contributed by atoms with E-state index in [9.17, 15) is 5.11 Å². The fourth-order valence-corrected chi connectivity index (χ4v) is 3.24. The number of hydrogen-bond donors (Lipinski definition) is 4. The van der Waals surface area contributed by atoms with Gasteiger partial charge in [0.1, 0.15) is 17.4 Å². The van der Waals surface area contributed by atoms with Crippen molar-refractivity contribution in [1.29, 1.82) is 0 Å². The molecule has 0 bridgehead atoms. The number of nitrogens with one attached hydrogen (secondary N) is 3. The third kappa shape index (κ3) is 6.43. The zero-order chi connectivity index (χ0) is 23.8. The van der Waals surface area contributed by atoms with Gasteiger partial charge in [-0.3, -0.25) is 4.99 Å². The van der Waals surface area contributed by atoms with Crippen molar-refractivity contribution in [2.24, 2.45) is 4.99 Å². The van der Waals surface area contributed by atoms with Gasteiger partial charge in [-0.15, -0.1) is 0 Å². The van der Waals surface area contributed by atoms with E-state index < -0.39 is 0 Å². The zero-order valence-corrected chi connectivity index (χ0v) is 19.3. The molecule has 1 aromatic carbocycles. The Morgan fingerprint density at radius 3 is 2.64 bits per heavy atom. The molecule has 0 radical (unpaired) electrons. The van der Waals surface area contributed by atoms with Crippen molar-refractivity contribution >= 4 is 28.9 Å². The third-order valence-electron chi connectivity index (χ3n) is 5.03. The van der Waals surface area contributed by atoms with E-state index in [0.29, 0.717) is 18.9 Å². The lowest BCUT2D eigenvalue weighted by atomic mass is 9.95. The molecular formula is C26H30N6O. The van der Waals surface area contributed by atoms with Crippen LogP contribution in [-0.2, 0) is 0 Å². The van der Waals surface area contributed by atoms with Gasteiger partial charge in [0.15, 0.2) is 0 Å². The number of pyridine rings is 1. The van der Waals surface area contributed by atoms with Crippen molar-refractivity contribution in [1.82, 2.24) is 20.3 Å². The van der Waals surface area contributed by atoms with Crippen LogP contribution >= 0.6 is 0 Å². The van der Waals surface area contributed by atoms with Crippen molar-refractivity contribution in [3.05, 3.63) is 90.3 Å². The number of H-pyrrole nitrogens is 1. The van der Waals surface area contributed by atoms with Crippen LogP contribution in [-0.4, -0.2) is 39.0 Å². The highest BCUT2D eigenvalue weighted by Crippen LogP contribution is 2.31. The van der Waals surface area contributed by atoms with E-state index in [0.717, 1.165) is 45.2 Å². The number of aromatic nitrogens is 3. The van der Waals surface area contributed by atoms with Gasteiger partial charge in [0.05, 0.1) is 12.4 Å². The highest BCUT2D eigenvalue weighted by molar-refractivity contribution is 6.03. The summed E-state index contributed by atoms with van der Waals surface area (Å²) < 4.78 is 0. The summed E-state index contributed by atoms with van der Waals surface area (Å²) in [5, 5.41) is 16.2. The summed E-state index contributed by atoms with van der Waals surface area (Å²) in [6.07, 6.45) is 7.17. The second kappa shape index (κ2) is 10.9. The molecule has 4 N–H and O–H groups in total. The summed E-state index contributed by atoms with van der Waals surface area (Å²) in [6, 6.07) is 9.12. The molecule has 0 amide bonds. The van der Waals surface area contributed by atoms with Crippen LogP contribution in [0.3, 0.4) is 0 Å². The first-order valence-corrected chi connectivity index (χ1v) is 10.7. The minimum atomic E-state index is 0.227. The van der Waals surface area contributed by atoms with Gasteiger partial charge < -0.3 is 20.7 Å². The lowest BCUT2D eigenvalue weighted by molar-refractivity contribution is 0.475. The Morgan fingerprint density at radius 1 is 1.18 bits per heavy atom. The van der Waals surface area contributed by atoms with Crippen LogP contribution in [0.1, 0.15) is 35.1 Å². The van der Waals surface area contributed by atoms with Gasteiger partial charge in [-0.2, -0.15) is 0 Å². The van der Waals surface area contributed by atoms with Crippen LogP contribution in [0.25, 0.3) is 17.2 Å². The van der Waals surface area contributed by atoms with Gasteiger partial charge in [0.2, 0.25) is 0 Å². The van der Waals surface area contributed by atoms with E-state index in [1.54, 1.807) is 30.6 Å². The van der Waals surface area contributed by atoms with Gasteiger partial charge in [-0.05, 0) is 67.3 Å². The quantitative estimate of drug-likeness (QED) is 0.163. The van der Waals surface area contributed by atoms with Crippen molar-refractivity contribution < 1.29 is 5.11 Å². The zero-order valence-electron chi connectivity index (χ0n) is 19.3. The number of anilines is 1. The number of aryl methyl sites for hydroxylation is 2. The normalized spacial score (nSPS) is 11.8. The lowest BCUT2D eigenvalue weighted by Crippen LogP contribution is -2.16. The van der Waals surface area contributed by atoms with E-state index in [1.807, 2.05) is 45.2 Å². The molecule has 3 aromatic rings. The number of rotatable bonds is 9. The highest BCUT2D eigenvalue weighted by atomic mass is 16.3. The number of aromatic amines is 1. The van der Waals surface area contributed by atoms with Gasteiger partial charge >= 0.3 is 0 Å². The average Bonchev–Trinajstić information content (AvgIpc) is 3.23. The van der Waals surface area contributed by atoms with Crippen molar-refractivity contribution in [2.45, 2.75) is 20.8 Å². The number of imidazole rings is 1. The number of aromatic hydroxyl groups is 1. The minimum Gasteiger partial charge on any atom is -0.508 e. The molecule has 2 aromatic heterocycles. The molecule has 7 nitrogen and oxygen atoms in total. The Hall–Kier alpha value is -4.13. The molecule has 7 heteroatoms. The molecule has 0 unspecified atom stereocenters. The first-order valence-electron chi connectivity index (χ1n) is 10.7. The molecule has 0 spiro atoms. The standard InChI is InChI=1S/C26H30N6O/c1-6-21-7-10-25(30-15-21)28-12-11-27-20(5)29-16-24(26-31-14-18(3)32-26)19(4)23-9-8-22(33)13-17(23)2/h6-10,13-16,33H,1,4,11-12H2,2-3,5H3,(H,27,29)(H,28,30)(H,31,32)/b24-16+. The Labute approximate surface area is 194 Å². The Morgan fingerprint density at radius 2 is 2.00 bits per heavy atom. The minimum absolute atomic E-state index is 0.227. The van der Waals surface area contributed by atoms with Crippen LogP contribution in [0.2, 0.25) is 0 Å². The summed E-state index contributed by atoms with van der Waals surface area (Å²) >= 11 is 0. The molecule has 0 aliphatic carbocycles. The van der Waals surface area contributed by atoms with Crippen molar-refractivity contribution in [2.75, 3.05) is 18.4 Å². The first kappa shape index (κ1) is 23.5. The molecule has 2 heterocycles. The third-order valence-corrected chi connectivity index (χ3v) is 5.03. The number of aliphatic imine (C=N–C) groups is 1. The topological polar surface area (TPSA) is 98.2 Å². The Kier molecular flexibility index (Phi) is 7.81. The summed E-state index contributed by atoms with van der Waals surface area (Å²) in [7, 11) is 0. The molecule has 0 saturated heterocycles. The smallest absolute Gasteiger partial charge is 0.139 e. The van der Waals surface area contributed by atoms with Crippen LogP contribution in [0.15, 0.2) is 67.1 Å². The first-order chi connectivity index (χ1) is 15.9. The SMILES string of the molecule is C=Cc1ccc(NCCN=C(C)N/C=C(\C(=C)c2ccc(O)cc2C)c2ncc(C)[nH]2)nc1. The van der Waals surface area contributed by atoms with Crippen molar-refractivity contribution in [3.8, 4) is 5.75 Å². The molecule has 0 saturated carbocycles. The molecule has 0 atom stereocenters. The van der Waals surface area contributed by atoms with Crippen LogP contribution in [0.5, 0.6) is 5.75 Å². The molecule has 170 valence electrons. The molecule has 0 aliphatic heterocycles. The van der Waals surface area contributed by atoms with E-state index in [4.69, 9.17) is 0 Å². The maximum Gasteiger partial charge on any atom is 0.139 e. The Balaban J connectivity index is 1.68. The number of phenols is 1. The maximum absolute atomic E-state index is 9.75. The number of amidine groups is 1. The fourth-order valence-electron chi connectivity index (χ4n) is 3.24. The van der Waals surface area contributed by atoms with E-state index in [1.165, 1.54) is 0 Å². The van der Waals surface area contributed by atoms with Gasteiger partial charge in [-0.25, -0.2) is 9.97 Å². The van der Waals surface area contributed by atoms with Crippen LogP contribution in [0, 0.1) is 13.8 Å². The summed E-state index contributed by atoms with van der Waals surface area (Å²) in [5.41, 5.74) is 5.41. The summed E-state index contributed by atoms with van der Waals surface area (Å²) in [5.74, 6) is 2.51. The largest absolute Gasteiger partial charge is 0.508 e. The van der Waals surface area contributed by atoms with Crippen molar-refractivity contribution in [3.63, 3.8) is 0 Å². The van der Waals surface area contributed by atoms with E-state index in [-0.39, 0.29) is 5.75 Å². The van der Waals surface area contributed by atoms with E-state index in [2.05, 4.69) is 43.7 Å². The summed E-state index contributed by atoms with van der Waals surface area (Å²) in [4.78, 5) is 16.6. The predicted octanol–water partition coefficient (Wildman–Crippen LogP) is 4.94. The van der Waals surface area contributed by atoms with Gasteiger partial charge in [-0.1, -0.05) is 25.3 Å². The highest BCUT2D eigenvalue weighted by Gasteiger charge is 2.14. The molecule has 3 rings (SSSR count). The van der Waals surface area contributed by atoms with Crippen LogP contribution < -0.4 is 10.6 Å². The van der Waals surface area contributed by atoms with Crippen LogP contribution in [0.4, 0.5) is 5.82 Å². The number of allylic oxidation sites excluding steroid dienone is 2. The number of hydrogen-bond acceptors (Lipinski definition) is 5. The average molecular weight is 443 g/mol. The second-order valence-corrected chi connectivity index (χ2v) is 7.67.